The van der Waals surface area contributed by atoms with Gasteiger partial charge in [-0.15, -0.1) is 0 Å². The van der Waals surface area contributed by atoms with E-state index in [1.54, 1.807) is 19.2 Å². The van der Waals surface area contributed by atoms with Crippen LogP contribution in [0.3, 0.4) is 0 Å². The summed E-state index contributed by atoms with van der Waals surface area (Å²) >= 11 is 0. The summed E-state index contributed by atoms with van der Waals surface area (Å²) in [6.07, 6.45) is 0. The molecule has 5 heteroatoms. The van der Waals surface area contributed by atoms with Crippen molar-refractivity contribution in [3.63, 3.8) is 0 Å². The Labute approximate surface area is 113 Å². The molecule has 1 rings (SSSR count). The number of nitrogens with one attached hydrogen (secondary N) is 2. The molecule has 4 nitrogen and oxygen atoms in total. The van der Waals surface area contributed by atoms with Crippen LogP contribution in [0.4, 0.5) is 4.39 Å². The Hall–Kier alpha value is -1.62. The highest BCUT2D eigenvalue weighted by Gasteiger charge is 2.11. The van der Waals surface area contributed by atoms with Gasteiger partial charge < -0.3 is 15.4 Å². The van der Waals surface area contributed by atoms with Crippen molar-refractivity contribution >= 4 is 5.91 Å². The molecule has 2 N–H and O–H groups in total. The van der Waals surface area contributed by atoms with Crippen LogP contribution < -0.4 is 15.4 Å². The highest BCUT2D eigenvalue weighted by atomic mass is 19.1. The molecule has 0 aliphatic heterocycles. The van der Waals surface area contributed by atoms with Crippen molar-refractivity contribution in [2.45, 2.75) is 20.4 Å². The second-order valence-electron chi connectivity index (χ2n) is 4.75. The molecule has 1 aromatic carbocycles. The minimum atomic E-state index is -0.454. The van der Waals surface area contributed by atoms with Gasteiger partial charge >= 0.3 is 0 Å². The van der Waals surface area contributed by atoms with Crippen LogP contribution in [0.15, 0.2) is 18.2 Å². The topological polar surface area (TPSA) is 50.4 Å². The van der Waals surface area contributed by atoms with Gasteiger partial charge in [0.15, 0.2) is 18.2 Å². The third-order valence-electron chi connectivity index (χ3n) is 2.47. The van der Waals surface area contributed by atoms with Gasteiger partial charge in [-0.2, -0.15) is 0 Å². The van der Waals surface area contributed by atoms with Crippen molar-refractivity contribution in [1.82, 2.24) is 10.6 Å². The average molecular weight is 268 g/mol. The maximum atomic E-state index is 13.7. The number of ether oxygens (including phenoxy) is 1. The largest absolute Gasteiger partial charge is 0.480 e. The van der Waals surface area contributed by atoms with E-state index in [9.17, 15) is 9.18 Å². The van der Waals surface area contributed by atoms with Crippen LogP contribution in [0.5, 0.6) is 5.75 Å². The maximum Gasteiger partial charge on any atom is 0.257 e. The second-order valence-corrected chi connectivity index (χ2v) is 4.75. The minimum Gasteiger partial charge on any atom is -0.480 e. The molecule has 0 heterocycles. The number of para-hydroxylation sites is 1. The van der Waals surface area contributed by atoms with Crippen LogP contribution in [-0.2, 0) is 11.3 Å². The van der Waals surface area contributed by atoms with Gasteiger partial charge in [0.1, 0.15) is 0 Å². The Morgan fingerprint density at radius 2 is 2.16 bits per heavy atom. The molecule has 0 spiro atoms. The molecule has 0 saturated heterocycles. The minimum absolute atomic E-state index is 0.136. The standard InChI is InChI=1S/C14H21FN2O2/c1-10(2)7-17-13(18)9-19-14-11(8-16-3)5-4-6-12(14)15/h4-6,10,16H,7-9H2,1-3H3,(H,17,18). The third-order valence-corrected chi connectivity index (χ3v) is 2.47. The molecule has 0 radical (unpaired) electrons. The molecule has 0 bridgehead atoms. The van der Waals surface area contributed by atoms with E-state index in [1.807, 2.05) is 13.8 Å². The van der Waals surface area contributed by atoms with Gasteiger partial charge in [-0.3, -0.25) is 4.79 Å². The lowest BCUT2D eigenvalue weighted by Gasteiger charge is -2.13. The summed E-state index contributed by atoms with van der Waals surface area (Å²) in [6.45, 7) is 4.90. The SMILES string of the molecule is CNCc1cccc(F)c1OCC(=O)NCC(C)C. The van der Waals surface area contributed by atoms with E-state index in [0.717, 1.165) is 0 Å². The first-order valence-electron chi connectivity index (χ1n) is 6.36. The van der Waals surface area contributed by atoms with Gasteiger partial charge in [-0.25, -0.2) is 4.39 Å². The van der Waals surface area contributed by atoms with E-state index in [4.69, 9.17) is 4.74 Å². The molecule has 1 aromatic rings. The zero-order valence-corrected chi connectivity index (χ0v) is 11.6. The van der Waals surface area contributed by atoms with Crippen LogP contribution in [0.2, 0.25) is 0 Å². The Morgan fingerprint density at radius 3 is 2.79 bits per heavy atom. The van der Waals surface area contributed by atoms with E-state index in [2.05, 4.69) is 10.6 Å². The zero-order valence-electron chi connectivity index (χ0n) is 11.6. The average Bonchev–Trinajstić information content (AvgIpc) is 2.36. The van der Waals surface area contributed by atoms with E-state index < -0.39 is 5.82 Å². The maximum absolute atomic E-state index is 13.7. The number of benzene rings is 1. The normalized spacial score (nSPS) is 10.6. The first-order valence-corrected chi connectivity index (χ1v) is 6.36. The summed E-state index contributed by atoms with van der Waals surface area (Å²) in [4.78, 5) is 11.5. The molecule has 0 aliphatic carbocycles. The van der Waals surface area contributed by atoms with Crippen LogP contribution in [0, 0.1) is 11.7 Å². The van der Waals surface area contributed by atoms with Crippen molar-refractivity contribution < 1.29 is 13.9 Å². The number of rotatable bonds is 7. The number of hydrogen-bond donors (Lipinski definition) is 2. The van der Waals surface area contributed by atoms with Crippen LogP contribution in [0.25, 0.3) is 0 Å². The van der Waals surface area contributed by atoms with Crippen molar-refractivity contribution in [3.05, 3.63) is 29.6 Å². The van der Waals surface area contributed by atoms with Crippen molar-refractivity contribution in [1.29, 1.82) is 0 Å². The van der Waals surface area contributed by atoms with Crippen molar-refractivity contribution in [3.8, 4) is 5.75 Å². The molecule has 0 unspecified atom stereocenters. The second kappa shape index (κ2) is 7.74. The van der Waals surface area contributed by atoms with Gasteiger partial charge in [-0.1, -0.05) is 26.0 Å². The summed E-state index contributed by atoms with van der Waals surface area (Å²) in [5.74, 6) is -0.189. The summed E-state index contributed by atoms with van der Waals surface area (Å²) in [5.41, 5.74) is 0.694. The molecule has 0 atom stereocenters. The van der Waals surface area contributed by atoms with Gasteiger partial charge in [-0.05, 0) is 19.0 Å². The fourth-order valence-electron chi connectivity index (χ4n) is 1.55. The molecule has 0 aromatic heterocycles. The lowest BCUT2D eigenvalue weighted by Crippen LogP contribution is -2.32. The molecule has 0 saturated carbocycles. The Kier molecular flexibility index (Phi) is 6.29. The first-order chi connectivity index (χ1) is 9.04. The monoisotopic (exact) mass is 268 g/mol. The quantitative estimate of drug-likeness (QED) is 0.791. The number of halogens is 1. The van der Waals surface area contributed by atoms with Gasteiger partial charge in [0.25, 0.3) is 5.91 Å². The van der Waals surface area contributed by atoms with Crippen molar-refractivity contribution in [2.75, 3.05) is 20.2 Å². The fourth-order valence-corrected chi connectivity index (χ4v) is 1.55. The summed E-state index contributed by atoms with van der Waals surface area (Å²) < 4.78 is 18.9. The lowest BCUT2D eigenvalue weighted by molar-refractivity contribution is -0.123. The molecule has 19 heavy (non-hydrogen) atoms. The van der Waals surface area contributed by atoms with E-state index in [0.29, 0.717) is 24.6 Å². The number of amides is 1. The Morgan fingerprint density at radius 1 is 1.42 bits per heavy atom. The Bertz CT molecular complexity index is 422. The van der Waals surface area contributed by atoms with Crippen molar-refractivity contribution in [2.24, 2.45) is 5.92 Å². The number of hydrogen-bond acceptors (Lipinski definition) is 3. The zero-order chi connectivity index (χ0) is 14.3. The molecule has 0 aliphatic rings. The smallest absolute Gasteiger partial charge is 0.257 e. The van der Waals surface area contributed by atoms with Crippen LogP contribution in [-0.4, -0.2) is 26.1 Å². The van der Waals surface area contributed by atoms with E-state index >= 15 is 0 Å². The van der Waals surface area contributed by atoms with E-state index in [1.165, 1.54) is 6.07 Å². The summed E-state index contributed by atoms with van der Waals surface area (Å²) in [6, 6.07) is 4.70. The molecular weight excluding hydrogens is 247 g/mol. The van der Waals surface area contributed by atoms with Crippen LogP contribution >= 0.6 is 0 Å². The highest BCUT2D eigenvalue weighted by molar-refractivity contribution is 5.77. The van der Waals surface area contributed by atoms with Gasteiger partial charge in [0.2, 0.25) is 0 Å². The summed E-state index contributed by atoms with van der Waals surface area (Å²) in [7, 11) is 1.77. The predicted molar refractivity (Wildman–Crippen MR) is 72.5 cm³/mol. The first kappa shape index (κ1) is 15.4. The van der Waals surface area contributed by atoms with Gasteiger partial charge in [0.05, 0.1) is 0 Å². The molecule has 1 amide bonds. The number of carbonyl (C=O) groups is 1. The predicted octanol–water partition coefficient (Wildman–Crippen LogP) is 1.70. The van der Waals surface area contributed by atoms with Gasteiger partial charge in [0, 0.05) is 18.7 Å². The molecule has 106 valence electrons. The summed E-state index contributed by atoms with van der Waals surface area (Å²) in [5, 5.41) is 5.65. The fraction of sp³-hybridized carbons (Fsp3) is 0.500. The number of carbonyl (C=O) groups excluding carboxylic acids is 1. The lowest BCUT2D eigenvalue weighted by atomic mass is 10.2. The van der Waals surface area contributed by atoms with Crippen LogP contribution in [0.1, 0.15) is 19.4 Å². The Balaban J connectivity index is 2.59. The van der Waals surface area contributed by atoms with E-state index in [-0.39, 0.29) is 18.3 Å². The molecule has 0 fully saturated rings. The highest BCUT2D eigenvalue weighted by Crippen LogP contribution is 2.22. The molecular formula is C14H21FN2O2. The third kappa shape index (κ3) is 5.26.